The van der Waals surface area contributed by atoms with E-state index in [2.05, 4.69) is 69.9 Å². The molecule has 0 bridgehead atoms. The van der Waals surface area contributed by atoms with Gasteiger partial charge in [-0.05, 0) is 49.4 Å². The predicted molar refractivity (Wildman–Crippen MR) is 106 cm³/mol. The molecule has 0 fully saturated rings. The third-order valence-electron chi connectivity index (χ3n) is 4.65. The predicted octanol–water partition coefficient (Wildman–Crippen LogP) is 2.55. The van der Waals surface area contributed by atoms with Crippen LogP contribution in [0.25, 0.3) is 0 Å². The Morgan fingerprint density at radius 2 is 2.16 bits per heavy atom. The van der Waals surface area contributed by atoms with Crippen LogP contribution in [0, 0.1) is 0 Å². The zero-order valence-electron chi connectivity index (χ0n) is 15.2. The SMILES string of the molecule is CCNC(=NCC(C)N1CCc2sccc2C1)NCCn1cccc1. The van der Waals surface area contributed by atoms with Crippen LogP contribution in [0.2, 0.25) is 0 Å². The summed E-state index contributed by atoms with van der Waals surface area (Å²) in [6, 6.07) is 6.83. The Morgan fingerprint density at radius 3 is 2.96 bits per heavy atom. The number of nitrogens with one attached hydrogen (secondary N) is 2. The van der Waals surface area contributed by atoms with Crippen molar-refractivity contribution in [3.05, 3.63) is 46.4 Å². The number of rotatable bonds is 7. The fraction of sp³-hybridized carbons (Fsp3) is 0.526. The van der Waals surface area contributed by atoms with Crippen LogP contribution in [0.4, 0.5) is 0 Å². The van der Waals surface area contributed by atoms with Crippen LogP contribution in [0.5, 0.6) is 0 Å². The summed E-state index contributed by atoms with van der Waals surface area (Å²) < 4.78 is 2.17. The summed E-state index contributed by atoms with van der Waals surface area (Å²) in [7, 11) is 0. The quantitative estimate of drug-likeness (QED) is 0.590. The van der Waals surface area contributed by atoms with E-state index in [0.29, 0.717) is 6.04 Å². The van der Waals surface area contributed by atoms with E-state index >= 15 is 0 Å². The maximum atomic E-state index is 4.80. The highest BCUT2D eigenvalue weighted by Gasteiger charge is 2.21. The first-order valence-electron chi connectivity index (χ1n) is 9.18. The lowest BCUT2D eigenvalue weighted by Gasteiger charge is -2.31. The molecule has 1 atom stereocenters. The molecule has 3 rings (SSSR count). The van der Waals surface area contributed by atoms with Crippen molar-refractivity contribution in [1.29, 1.82) is 0 Å². The molecule has 25 heavy (non-hydrogen) atoms. The summed E-state index contributed by atoms with van der Waals surface area (Å²) in [6.07, 6.45) is 5.35. The van der Waals surface area contributed by atoms with Crippen molar-refractivity contribution in [2.75, 3.05) is 26.2 Å². The molecular weight excluding hydrogens is 330 g/mol. The molecule has 3 heterocycles. The highest BCUT2D eigenvalue weighted by atomic mass is 32.1. The topological polar surface area (TPSA) is 44.6 Å². The molecule has 2 aromatic rings. The lowest BCUT2D eigenvalue weighted by atomic mass is 10.1. The molecule has 1 unspecified atom stereocenters. The van der Waals surface area contributed by atoms with Gasteiger partial charge in [-0.3, -0.25) is 9.89 Å². The van der Waals surface area contributed by atoms with Crippen molar-refractivity contribution < 1.29 is 0 Å². The molecule has 2 N–H and O–H groups in total. The van der Waals surface area contributed by atoms with Crippen LogP contribution in [-0.4, -0.2) is 47.6 Å². The molecule has 136 valence electrons. The van der Waals surface area contributed by atoms with Gasteiger partial charge in [0.2, 0.25) is 0 Å². The monoisotopic (exact) mass is 359 g/mol. The Balaban J connectivity index is 1.48. The minimum Gasteiger partial charge on any atom is -0.357 e. The van der Waals surface area contributed by atoms with Gasteiger partial charge in [0.05, 0.1) is 6.54 Å². The molecule has 5 nitrogen and oxygen atoms in total. The smallest absolute Gasteiger partial charge is 0.191 e. The lowest BCUT2D eigenvalue weighted by molar-refractivity contribution is 0.197. The van der Waals surface area contributed by atoms with Gasteiger partial charge in [0.1, 0.15) is 0 Å². The summed E-state index contributed by atoms with van der Waals surface area (Å²) in [5, 5.41) is 8.99. The fourth-order valence-corrected chi connectivity index (χ4v) is 4.04. The van der Waals surface area contributed by atoms with Crippen LogP contribution >= 0.6 is 11.3 Å². The molecule has 0 amide bonds. The Labute approximate surface area is 154 Å². The van der Waals surface area contributed by atoms with Crippen molar-refractivity contribution >= 4 is 17.3 Å². The van der Waals surface area contributed by atoms with Crippen molar-refractivity contribution in [2.45, 2.75) is 39.4 Å². The molecule has 0 spiro atoms. The van der Waals surface area contributed by atoms with Crippen LogP contribution in [0.1, 0.15) is 24.3 Å². The minimum absolute atomic E-state index is 0.452. The average Bonchev–Trinajstić information content (AvgIpc) is 3.30. The van der Waals surface area contributed by atoms with Crippen LogP contribution in [0.3, 0.4) is 0 Å². The zero-order valence-corrected chi connectivity index (χ0v) is 16.1. The normalized spacial score (nSPS) is 16.5. The van der Waals surface area contributed by atoms with Gasteiger partial charge in [-0.2, -0.15) is 0 Å². The van der Waals surface area contributed by atoms with Gasteiger partial charge in [0, 0.05) is 56.0 Å². The first kappa shape index (κ1) is 18.0. The van der Waals surface area contributed by atoms with E-state index in [-0.39, 0.29) is 0 Å². The number of thiophene rings is 1. The van der Waals surface area contributed by atoms with Crippen molar-refractivity contribution in [2.24, 2.45) is 4.99 Å². The number of aliphatic imine (C=N–C) groups is 1. The first-order valence-corrected chi connectivity index (χ1v) is 10.1. The molecule has 2 aromatic heterocycles. The van der Waals surface area contributed by atoms with Crippen molar-refractivity contribution in [1.82, 2.24) is 20.1 Å². The first-order chi connectivity index (χ1) is 12.3. The van der Waals surface area contributed by atoms with Crippen LogP contribution in [-0.2, 0) is 19.5 Å². The van der Waals surface area contributed by atoms with Gasteiger partial charge in [-0.25, -0.2) is 0 Å². The van der Waals surface area contributed by atoms with E-state index < -0.39 is 0 Å². The summed E-state index contributed by atoms with van der Waals surface area (Å²) in [5.74, 6) is 0.912. The standard InChI is InChI=1S/C19H29N5S/c1-3-20-19(21-8-12-23-9-4-5-10-23)22-14-16(2)24-11-6-18-17(15-24)7-13-25-18/h4-5,7,9-10,13,16H,3,6,8,11-12,14-15H2,1-2H3,(H2,20,21,22). The maximum Gasteiger partial charge on any atom is 0.191 e. The molecule has 1 aliphatic heterocycles. The molecule has 0 aromatic carbocycles. The lowest BCUT2D eigenvalue weighted by Crippen LogP contribution is -2.42. The van der Waals surface area contributed by atoms with Gasteiger partial charge in [0.15, 0.2) is 5.96 Å². The van der Waals surface area contributed by atoms with E-state index in [1.165, 1.54) is 12.0 Å². The maximum absolute atomic E-state index is 4.80. The second-order valence-electron chi connectivity index (χ2n) is 6.51. The number of hydrogen-bond acceptors (Lipinski definition) is 3. The Hall–Kier alpha value is -1.79. The second-order valence-corrected chi connectivity index (χ2v) is 7.51. The molecule has 0 saturated heterocycles. The zero-order chi connectivity index (χ0) is 17.5. The third kappa shape index (κ3) is 5.09. The molecule has 0 saturated carbocycles. The number of nitrogens with zero attached hydrogens (tertiary/aromatic N) is 3. The van der Waals surface area contributed by atoms with Crippen molar-refractivity contribution in [3.8, 4) is 0 Å². The van der Waals surface area contributed by atoms with Gasteiger partial charge < -0.3 is 15.2 Å². The van der Waals surface area contributed by atoms with Crippen LogP contribution in [0.15, 0.2) is 41.0 Å². The fourth-order valence-electron chi connectivity index (χ4n) is 3.15. The van der Waals surface area contributed by atoms with Gasteiger partial charge in [-0.1, -0.05) is 0 Å². The van der Waals surface area contributed by atoms with E-state index in [9.17, 15) is 0 Å². The minimum atomic E-state index is 0.452. The molecule has 6 heteroatoms. The van der Waals surface area contributed by atoms with Crippen LogP contribution < -0.4 is 10.6 Å². The summed E-state index contributed by atoms with van der Waals surface area (Å²) in [4.78, 5) is 8.90. The average molecular weight is 360 g/mol. The van der Waals surface area contributed by atoms with Gasteiger partial charge in [-0.15, -0.1) is 11.3 Å². The number of aromatic nitrogens is 1. The molecule has 0 aliphatic carbocycles. The third-order valence-corrected chi connectivity index (χ3v) is 5.67. The summed E-state index contributed by atoms with van der Waals surface area (Å²) >= 11 is 1.90. The van der Waals surface area contributed by atoms with E-state index in [1.54, 1.807) is 4.88 Å². The van der Waals surface area contributed by atoms with Gasteiger partial charge in [0.25, 0.3) is 0 Å². The molecular formula is C19H29N5S. The molecule has 0 radical (unpaired) electrons. The highest BCUT2D eigenvalue weighted by Crippen LogP contribution is 2.25. The number of hydrogen-bond donors (Lipinski definition) is 2. The Kier molecular flexibility index (Phi) is 6.53. The summed E-state index contributed by atoms with van der Waals surface area (Å²) in [6.45, 7) is 10.1. The number of fused-ring (bicyclic) bond motifs is 1. The van der Waals surface area contributed by atoms with E-state index in [0.717, 1.165) is 45.2 Å². The Bertz CT molecular complexity index is 661. The number of guanidine groups is 1. The largest absolute Gasteiger partial charge is 0.357 e. The Morgan fingerprint density at radius 1 is 1.32 bits per heavy atom. The van der Waals surface area contributed by atoms with Gasteiger partial charge >= 0.3 is 0 Å². The van der Waals surface area contributed by atoms with Crippen molar-refractivity contribution in [3.63, 3.8) is 0 Å². The van der Waals surface area contributed by atoms with E-state index in [1.807, 2.05) is 11.3 Å². The molecule has 1 aliphatic rings. The highest BCUT2D eigenvalue weighted by molar-refractivity contribution is 7.10. The van der Waals surface area contributed by atoms with E-state index in [4.69, 9.17) is 4.99 Å². The summed E-state index contributed by atoms with van der Waals surface area (Å²) in [5.41, 5.74) is 1.50. The second kappa shape index (κ2) is 9.06.